The van der Waals surface area contributed by atoms with Crippen molar-refractivity contribution in [2.24, 2.45) is 0 Å². The second kappa shape index (κ2) is 4.24. The van der Waals surface area contributed by atoms with Gasteiger partial charge in [-0.3, -0.25) is 4.79 Å². The van der Waals surface area contributed by atoms with Crippen LogP contribution in [0, 0.1) is 0 Å². The van der Waals surface area contributed by atoms with Crippen molar-refractivity contribution in [3.63, 3.8) is 0 Å². The van der Waals surface area contributed by atoms with E-state index in [0.717, 1.165) is 4.90 Å². The third-order valence-corrected chi connectivity index (χ3v) is 4.74. The van der Waals surface area contributed by atoms with E-state index in [4.69, 9.17) is 0 Å². The first-order chi connectivity index (χ1) is 8.59. The summed E-state index contributed by atoms with van der Waals surface area (Å²) in [5.41, 5.74) is 0.578. The van der Waals surface area contributed by atoms with Gasteiger partial charge in [0.05, 0.1) is 12.1 Å². The normalized spacial score (nSPS) is 35.1. The number of benzene rings is 1. The van der Waals surface area contributed by atoms with Crippen LogP contribution in [0.25, 0.3) is 0 Å². The summed E-state index contributed by atoms with van der Waals surface area (Å²) in [6.45, 7) is 0.0447. The van der Waals surface area contributed by atoms with Gasteiger partial charge in [-0.2, -0.15) is 0 Å². The van der Waals surface area contributed by atoms with E-state index in [1.165, 1.54) is 16.7 Å². The zero-order chi connectivity index (χ0) is 12.9. The van der Waals surface area contributed by atoms with Crippen LogP contribution in [0.15, 0.2) is 29.2 Å². The molecule has 0 aliphatic carbocycles. The van der Waals surface area contributed by atoms with E-state index >= 15 is 0 Å². The predicted octanol–water partition coefficient (Wildman–Crippen LogP) is -0.343. The van der Waals surface area contributed by atoms with Crippen molar-refractivity contribution in [1.29, 1.82) is 0 Å². The Labute approximate surface area is 108 Å². The van der Waals surface area contributed by atoms with E-state index in [1.54, 1.807) is 12.1 Å². The van der Waals surface area contributed by atoms with E-state index in [1.807, 2.05) is 12.1 Å². The molecule has 1 saturated heterocycles. The first-order valence-electron chi connectivity index (χ1n) is 5.70. The fourth-order valence-electron chi connectivity index (χ4n) is 2.36. The Morgan fingerprint density at radius 1 is 1.17 bits per heavy atom. The van der Waals surface area contributed by atoms with Gasteiger partial charge in [0.1, 0.15) is 23.7 Å². The molecule has 5 nitrogen and oxygen atoms in total. The van der Waals surface area contributed by atoms with Gasteiger partial charge in [0.15, 0.2) is 0 Å². The minimum atomic E-state index is -1.21. The van der Waals surface area contributed by atoms with Crippen LogP contribution in [0.1, 0.15) is 10.4 Å². The Kier molecular flexibility index (Phi) is 2.82. The lowest BCUT2D eigenvalue weighted by Crippen LogP contribution is -2.62. The van der Waals surface area contributed by atoms with Crippen LogP contribution in [0.3, 0.4) is 0 Å². The summed E-state index contributed by atoms with van der Waals surface area (Å²) in [5, 5.41) is 28.7. The van der Waals surface area contributed by atoms with Gasteiger partial charge in [0.2, 0.25) is 0 Å². The molecular weight excluding hydrogens is 254 g/mol. The van der Waals surface area contributed by atoms with Crippen LogP contribution in [-0.2, 0) is 0 Å². The van der Waals surface area contributed by atoms with Crippen molar-refractivity contribution >= 4 is 17.7 Å². The molecule has 1 amide bonds. The summed E-state index contributed by atoms with van der Waals surface area (Å²) in [6.07, 6.45) is -3.46. The summed E-state index contributed by atoms with van der Waals surface area (Å²) < 4.78 is 0. The summed E-state index contributed by atoms with van der Waals surface area (Å²) in [6, 6.07) is 7.16. The zero-order valence-corrected chi connectivity index (χ0v) is 10.2. The van der Waals surface area contributed by atoms with Gasteiger partial charge in [0.25, 0.3) is 5.91 Å². The summed E-state index contributed by atoms with van der Waals surface area (Å²) in [7, 11) is 0. The summed E-state index contributed by atoms with van der Waals surface area (Å²) >= 11 is 1.34. The Bertz CT molecular complexity index is 495. The lowest BCUT2D eigenvalue weighted by atomic mass is 10.0. The SMILES string of the molecule is O=C1c2ccccc2S[C@@H]2[C@H](O)[C@H](O)[C@H](O)CN12. The molecule has 0 saturated carbocycles. The number of carbonyl (C=O) groups is 1. The average molecular weight is 267 g/mol. The predicted molar refractivity (Wildman–Crippen MR) is 65.1 cm³/mol. The minimum absolute atomic E-state index is 0.0447. The van der Waals surface area contributed by atoms with Crippen molar-refractivity contribution in [1.82, 2.24) is 4.90 Å². The number of rotatable bonds is 0. The van der Waals surface area contributed by atoms with Crippen LogP contribution in [0.5, 0.6) is 0 Å². The third-order valence-electron chi connectivity index (χ3n) is 3.35. The molecule has 18 heavy (non-hydrogen) atoms. The number of hydrogen-bond donors (Lipinski definition) is 3. The molecule has 3 rings (SSSR count). The molecule has 1 fully saturated rings. The second-order valence-corrected chi connectivity index (χ2v) is 5.67. The summed E-state index contributed by atoms with van der Waals surface area (Å²) in [4.78, 5) is 14.5. The molecule has 2 heterocycles. The van der Waals surface area contributed by atoms with Gasteiger partial charge in [0, 0.05) is 4.90 Å². The lowest BCUT2D eigenvalue weighted by molar-refractivity contribution is -0.109. The number of aliphatic hydroxyl groups is 3. The number of piperidine rings is 1. The van der Waals surface area contributed by atoms with Gasteiger partial charge in [-0.15, -0.1) is 0 Å². The van der Waals surface area contributed by atoms with Crippen molar-refractivity contribution < 1.29 is 20.1 Å². The van der Waals surface area contributed by atoms with Crippen molar-refractivity contribution in [3.8, 4) is 0 Å². The highest BCUT2D eigenvalue weighted by Crippen LogP contribution is 2.39. The molecule has 2 aliphatic heterocycles. The number of thioether (sulfide) groups is 1. The van der Waals surface area contributed by atoms with E-state index in [9.17, 15) is 20.1 Å². The smallest absolute Gasteiger partial charge is 0.256 e. The molecule has 0 bridgehead atoms. The number of aliphatic hydroxyl groups excluding tert-OH is 3. The van der Waals surface area contributed by atoms with E-state index in [-0.39, 0.29) is 12.5 Å². The Morgan fingerprint density at radius 3 is 2.67 bits per heavy atom. The van der Waals surface area contributed by atoms with E-state index in [2.05, 4.69) is 0 Å². The molecule has 0 radical (unpaired) electrons. The van der Waals surface area contributed by atoms with Gasteiger partial charge < -0.3 is 20.2 Å². The molecule has 0 aromatic heterocycles. The van der Waals surface area contributed by atoms with Crippen LogP contribution >= 0.6 is 11.8 Å². The maximum absolute atomic E-state index is 12.3. The fraction of sp³-hybridized carbons (Fsp3) is 0.417. The molecule has 96 valence electrons. The van der Waals surface area contributed by atoms with Crippen molar-refractivity contribution in [3.05, 3.63) is 29.8 Å². The minimum Gasteiger partial charge on any atom is -0.388 e. The van der Waals surface area contributed by atoms with Crippen LogP contribution in [0.4, 0.5) is 0 Å². The summed E-state index contributed by atoms with van der Waals surface area (Å²) in [5.74, 6) is -0.209. The van der Waals surface area contributed by atoms with Crippen LogP contribution < -0.4 is 0 Å². The largest absolute Gasteiger partial charge is 0.388 e. The van der Waals surface area contributed by atoms with Crippen molar-refractivity contribution in [2.75, 3.05) is 6.54 Å². The van der Waals surface area contributed by atoms with Crippen molar-refractivity contribution in [2.45, 2.75) is 28.6 Å². The monoisotopic (exact) mass is 267 g/mol. The number of fused-ring (bicyclic) bond motifs is 2. The molecule has 6 heteroatoms. The highest BCUT2D eigenvalue weighted by molar-refractivity contribution is 8.00. The molecule has 1 aromatic rings. The van der Waals surface area contributed by atoms with Gasteiger partial charge in [-0.1, -0.05) is 23.9 Å². The highest BCUT2D eigenvalue weighted by atomic mass is 32.2. The average Bonchev–Trinajstić information content (AvgIpc) is 2.38. The Morgan fingerprint density at radius 2 is 1.89 bits per heavy atom. The Hall–Kier alpha value is -1.08. The number of carbonyl (C=O) groups excluding carboxylic acids is 1. The van der Waals surface area contributed by atoms with Gasteiger partial charge >= 0.3 is 0 Å². The highest BCUT2D eigenvalue weighted by Gasteiger charge is 2.46. The standard InChI is InChI=1S/C12H13NO4S/c14-7-5-13-11(17)6-3-1-2-4-8(6)18-12(13)10(16)9(7)15/h1-4,7,9-10,12,14-16H,5H2/t7-,9-,10-,12-/m1/s1. The first kappa shape index (κ1) is 12.0. The number of amides is 1. The number of nitrogens with zero attached hydrogens (tertiary/aromatic N) is 1. The molecule has 3 N–H and O–H groups in total. The molecule has 2 aliphatic rings. The van der Waals surface area contributed by atoms with Crippen LogP contribution in [0.2, 0.25) is 0 Å². The molecular formula is C12H13NO4S. The fourth-order valence-corrected chi connectivity index (χ4v) is 3.67. The molecule has 0 spiro atoms. The third kappa shape index (κ3) is 1.65. The van der Waals surface area contributed by atoms with Crippen LogP contribution in [-0.4, -0.2) is 56.4 Å². The van der Waals surface area contributed by atoms with E-state index < -0.39 is 23.7 Å². The first-order valence-corrected chi connectivity index (χ1v) is 6.58. The lowest BCUT2D eigenvalue weighted by Gasteiger charge is -2.45. The Balaban J connectivity index is 2.01. The second-order valence-electron chi connectivity index (χ2n) is 4.51. The van der Waals surface area contributed by atoms with Gasteiger partial charge in [-0.05, 0) is 12.1 Å². The van der Waals surface area contributed by atoms with E-state index in [0.29, 0.717) is 5.56 Å². The zero-order valence-electron chi connectivity index (χ0n) is 9.43. The molecule has 1 aromatic carbocycles. The molecule has 0 unspecified atom stereocenters. The maximum atomic E-state index is 12.3. The quantitative estimate of drug-likeness (QED) is 0.599. The maximum Gasteiger partial charge on any atom is 0.256 e. The topological polar surface area (TPSA) is 81.0 Å². The van der Waals surface area contributed by atoms with Gasteiger partial charge in [-0.25, -0.2) is 0 Å². The molecule has 4 atom stereocenters. The number of hydrogen-bond acceptors (Lipinski definition) is 5.